The molecule has 0 saturated carbocycles. The predicted molar refractivity (Wildman–Crippen MR) is 81.1 cm³/mol. The second-order valence-electron chi connectivity index (χ2n) is 4.72. The van der Waals surface area contributed by atoms with Crippen LogP contribution in [-0.4, -0.2) is 33.5 Å². The van der Waals surface area contributed by atoms with Crippen LogP contribution in [0.5, 0.6) is 5.75 Å². The molecule has 0 atom stereocenters. The van der Waals surface area contributed by atoms with E-state index in [4.69, 9.17) is 4.74 Å². The lowest BCUT2D eigenvalue weighted by atomic mass is 10.2. The molecule has 0 aliphatic heterocycles. The maximum atomic E-state index is 12.2. The summed E-state index contributed by atoms with van der Waals surface area (Å²) < 4.78 is 32.1. The Labute approximate surface area is 125 Å². The van der Waals surface area contributed by atoms with E-state index in [1.54, 1.807) is 19.9 Å². The van der Waals surface area contributed by atoms with E-state index in [-0.39, 0.29) is 34.7 Å². The summed E-state index contributed by atoms with van der Waals surface area (Å²) in [5.41, 5.74) is 0.281. The molecule has 1 rings (SSSR count). The molecule has 0 fully saturated rings. The molecule has 0 saturated heterocycles. The van der Waals surface area contributed by atoms with Crippen molar-refractivity contribution < 1.29 is 17.9 Å². The quantitative estimate of drug-likeness (QED) is 0.799. The van der Waals surface area contributed by atoms with Crippen molar-refractivity contribution >= 4 is 15.9 Å². The normalized spacial score (nSPS) is 11.5. The Bertz CT molecular complexity index is 597. The topological polar surface area (TPSA) is 84.5 Å². The Kier molecular flexibility index (Phi) is 6.17. The van der Waals surface area contributed by atoms with Crippen LogP contribution < -0.4 is 14.8 Å². The van der Waals surface area contributed by atoms with Crippen molar-refractivity contribution in [1.29, 1.82) is 0 Å². The molecule has 0 aliphatic rings. The van der Waals surface area contributed by atoms with Crippen molar-refractivity contribution in [1.82, 2.24) is 10.0 Å². The molecule has 0 radical (unpaired) electrons. The zero-order chi connectivity index (χ0) is 16.0. The Morgan fingerprint density at radius 1 is 1.29 bits per heavy atom. The smallest absolute Gasteiger partial charge is 0.251 e. The van der Waals surface area contributed by atoms with E-state index in [0.717, 1.165) is 0 Å². The number of benzene rings is 1. The third-order valence-corrected chi connectivity index (χ3v) is 4.12. The molecule has 6 nitrogen and oxygen atoms in total. The number of ether oxygens (including phenoxy) is 1. The highest BCUT2D eigenvalue weighted by Gasteiger charge is 2.21. The van der Waals surface area contributed by atoms with Gasteiger partial charge in [-0.15, -0.1) is 0 Å². The number of hydrogen-bond acceptors (Lipinski definition) is 4. The first kappa shape index (κ1) is 17.5. The van der Waals surface area contributed by atoms with E-state index in [9.17, 15) is 13.2 Å². The molecule has 1 aromatic carbocycles. The molecule has 118 valence electrons. The number of carbonyl (C=O) groups excluding carboxylic acids is 1. The van der Waals surface area contributed by atoms with E-state index in [0.29, 0.717) is 6.61 Å². The van der Waals surface area contributed by atoms with Gasteiger partial charge in [0.15, 0.2) is 0 Å². The van der Waals surface area contributed by atoms with Gasteiger partial charge in [0.25, 0.3) is 5.91 Å². The number of sulfonamides is 1. The maximum Gasteiger partial charge on any atom is 0.251 e. The maximum absolute atomic E-state index is 12.2. The van der Waals surface area contributed by atoms with Crippen LogP contribution in [0.3, 0.4) is 0 Å². The van der Waals surface area contributed by atoms with Gasteiger partial charge in [0, 0.05) is 18.2 Å². The number of hydrogen-bond donors (Lipinski definition) is 2. The van der Waals surface area contributed by atoms with Crippen molar-refractivity contribution in [3.05, 3.63) is 23.8 Å². The van der Waals surface area contributed by atoms with Crippen molar-refractivity contribution in [2.75, 3.05) is 13.2 Å². The van der Waals surface area contributed by atoms with Crippen LogP contribution in [0.25, 0.3) is 0 Å². The van der Waals surface area contributed by atoms with Crippen LogP contribution >= 0.6 is 0 Å². The monoisotopic (exact) mass is 314 g/mol. The lowest BCUT2D eigenvalue weighted by molar-refractivity contribution is 0.0943. The van der Waals surface area contributed by atoms with Gasteiger partial charge in [-0.3, -0.25) is 4.79 Å². The van der Waals surface area contributed by atoms with Gasteiger partial charge in [-0.25, -0.2) is 13.1 Å². The van der Waals surface area contributed by atoms with Gasteiger partial charge in [0.05, 0.1) is 6.61 Å². The van der Waals surface area contributed by atoms with Crippen molar-refractivity contribution in [3.63, 3.8) is 0 Å². The Morgan fingerprint density at radius 3 is 2.48 bits per heavy atom. The summed E-state index contributed by atoms with van der Waals surface area (Å²) in [7, 11) is -3.70. The van der Waals surface area contributed by atoms with E-state index >= 15 is 0 Å². The van der Waals surface area contributed by atoms with Gasteiger partial charge >= 0.3 is 0 Å². The number of amides is 1. The highest BCUT2D eigenvalue weighted by atomic mass is 32.2. The number of carbonyl (C=O) groups is 1. The Balaban J connectivity index is 3.27. The minimum atomic E-state index is -3.70. The molecule has 7 heteroatoms. The second-order valence-corrected chi connectivity index (χ2v) is 6.46. The fraction of sp³-hybridized carbons (Fsp3) is 0.500. The van der Waals surface area contributed by atoms with E-state index in [1.807, 2.05) is 13.8 Å². The lowest BCUT2D eigenvalue weighted by Crippen LogP contribution is -2.30. The summed E-state index contributed by atoms with van der Waals surface area (Å²) in [4.78, 5) is 12.0. The van der Waals surface area contributed by atoms with Crippen LogP contribution in [-0.2, 0) is 10.0 Å². The third-order valence-electron chi connectivity index (χ3n) is 2.55. The molecule has 2 N–H and O–H groups in total. The van der Waals surface area contributed by atoms with Crippen molar-refractivity contribution in [2.45, 2.75) is 38.6 Å². The van der Waals surface area contributed by atoms with Crippen LogP contribution in [0.4, 0.5) is 0 Å². The molecule has 0 aromatic heterocycles. The van der Waals surface area contributed by atoms with Crippen LogP contribution in [0.15, 0.2) is 23.1 Å². The first-order valence-electron chi connectivity index (χ1n) is 6.89. The van der Waals surface area contributed by atoms with Crippen molar-refractivity contribution in [2.24, 2.45) is 0 Å². The fourth-order valence-corrected chi connectivity index (χ4v) is 2.96. The summed E-state index contributed by atoms with van der Waals surface area (Å²) in [6.45, 7) is 7.73. The van der Waals surface area contributed by atoms with E-state index in [1.165, 1.54) is 12.1 Å². The lowest BCUT2D eigenvalue weighted by Gasteiger charge is -2.14. The van der Waals surface area contributed by atoms with Crippen LogP contribution in [0, 0.1) is 0 Å². The summed E-state index contributed by atoms with van der Waals surface area (Å²) in [6.07, 6.45) is 0. The standard InChI is InChI=1S/C14H22N2O4S/c1-5-15-21(18,19)13-9-11(14(17)16-10(3)4)7-8-12(13)20-6-2/h7-10,15H,5-6H2,1-4H3,(H,16,17). The van der Waals surface area contributed by atoms with E-state index < -0.39 is 10.0 Å². The SMILES string of the molecule is CCNS(=O)(=O)c1cc(C(=O)NC(C)C)ccc1OCC. The highest BCUT2D eigenvalue weighted by molar-refractivity contribution is 7.89. The van der Waals surface area contributed by atoms with Gasteiger partial charge in [-0.05, 0) is 39.0 Å². The summed E-state index contributed by atoms with van der Waals surface area (Å²) in [5, 5.41) is 2.73. The average molecular weight is 314 g/mol. The molecule has 0 unspecified atom stereocenters. The second kappa shape index (κ2) is 7.42. The number of rotatable bonds is 7. The molecular formula is C14H22N2O4S. The fourth-order valence-electron chi connectivity index (χ4n) is 1.75. The highest BCUT2D eigenvalue weighted by Crippen LogP contribution is 2.25. The minimum absolute atomic E-state index is 0.0254. The molecule has 0 bridgehead atoms. The zero-order valence-corrected chi connectivity index (χ0v) is 13.6. The third kappa shape index (κ3) is 4.71. The van der Waals surface area contributed by atoms with Crippen LogP contribution in [0.2, 0.25) is 0 Å². The molecular weight excluding hydrogens is 292 g/mol. The number of nitrogens with one attached hydrogen (secondary N) is 2. The summed E-state index contributed by atoms with van der Waals surface area (Å²) >= 11 is 0. The van der Waals surface area contributed by atoms with Gasteiger partial charge in [0.1, 0.15) is 10.6 Å². The summed E-state index contributed by atoms with van der Waals surface area (Å²) in [5.74, 6) is -0.0828. The molecule has 21 heavy (non-hydrogen) atoms. The van der Waals surface area contributed by atoms with Gasteiger partial charge in [0.2, 0.25) is 10.0 Å². The zero-order valence-electron chi connectivity index (χ0n) is 12.8. The first-order valence-corrected chi connectivity index (χ1v) is 8.37. The minimum Gasteiger partial charge on any atom is -0.492 e. The molecule has 0 heterocycles. The van der Waals surface area contributed by atoms with Crippen molar-refractivity contribution in [3.8, 4) is 5.75 Å². The first-order chi connectivity index (χ1) is 9.81. The Hall–Kier alpha value is -1.60. The predicted octanol–water partition coefficient (Wildman–Crippen LogP) is 1.52. The molecule has 1 aromatic rings. The van der Waals surface area contributed by atoms with Gasteiger partial charge < -0.3 is 10.1 Å². The Morgan fingerprint density at radius 2 is 1.95 bits per heavy atom. The van der Waals surface area contributed by atoms with Crippen LogP contribution in [0.1, 0.15) is 38.1 Å². The summed E-state index contributed by atoms with van der Waals surface area (Å²) in [6, 6.07) is 4.36. The molecule has 1 amide bonds. The van der Waals surface area contributed by atoms with E-state index in [2.05, 4.69) is 10.0 Å². The molecule has 0 spiro atoms. The van der Waals surface area contributed by atoms with Gasteiger partial charge in [-0.2, -0.15) is 0 Å². The largest absolute Gasteiger partial charge is 0.492 e. The van der Waals surface area contributed by atoms with Gasteiger partial charge in [-0.1, -0.05) is 6.92 Å². The average Bonchev–Trinajstić information content (AvgIpc) is 2.38. The molecule has 0 aliphatic carbocycles.